The van der Waals surface area contributed by atoms with E-state index in [-0.39, 0.29) is 24.7 Å². The fourth-order valence-corrected chi connectivity index (χ4v) is 1.26. The van der Waals surface area contributed by atoms with Crippen LogP contribution in [0.15, 0.2) is 24.3 Å². The molecule has 0 aromatic heterocycles. The molecule has 0 unspecified atom stereocenters. The number of ketones is 2. The molecule has 6 N–H and O–H groups in total. The zero-order valence-electron chi connectivity index (χ0n) is 8.69. The summed E-state index contributed by atoms with van der Waals surface area (Å²) in [6.45, 7) is 0.0690. The number of hydrogen-bond donors (Lipinski definition) is 4. The lowest BCUT2D eigenvalue weighted by Gasteiger charge is -2.03. The van der Waals surface area contributed by atoms with Crippen LogP contribution in [0.5, 0.6) is 0 Å². The maximum absolute atomic E-state index is 11.5. The van der Waals surface area contributed by atoms with Gasteiger partial charge in [0, 0.05) is 11.1 Å². The van der Waals surface area contributed by atoms with E-state index in [2.05, 4.69) is 10.9 Å². The maximum Gasteiger partial charge on any atom is 0.178 e. The minimum atomic E-state index is -0.169. The molecule has 0 spiro atoms. The van der Waals surface area contributed by atoms with Gasteiger partial charge in [0.05, 0.1) is 13.1 Å². The van der Waals surface area contributed by atoms with Gasteiger partial charge in [0.2, 0.25) is 0 Å². The largest absolute Gasteiger partial charge is 0.293 e. The molecule has 0 saturated carbocycles. The van der Waals surface area contributed by atoms with Crippen molar-refractivity contribution in [3.05, 3.63) is 35.4 Å². The third kappa shape index (κ3) is 3.21. The van der Waals surface area contributed by atoms with Gasteiger partial charge >= 0.3 is 0 Å². The van der Waals surface area contributed by atoms with Crippen LogP contribution in [-0.2, 0) is 0 Å². The minimum absolute atomic E-state index is 0.0345. The summed E-state index contributed by atoms with van der Waals surface area (Å²) in [7, 11) is 0. The molecule has 6 nitrogen and oxygen atoms in total. The molecule has 6 heteroatoms. The molecule has 1 aromatic carbocycles. The quantitative estimate of drug-likeness (QED) is 0.278. The highest BCUT2D eigenvalue weighted by Crippen LogP contribution is 2.06. The van der Waals surface area contributed by atoms with Gasteiger partial charge in [-0.25, -0.2) is 0 Å². The standard InChI is InChI=1S/C10H14N4O2/c11-13-5-9(15)7-2-1-3-8(4-7)10(16)6-14-12/h1-4,13-14H,5-6,11-12H2. The molecule has 16 heavy (non-hydrogen) atoms. The molecule has 0 fully saturated rings. The average molecular weight is 222 g/mol. The van der Waals surface area contributed by atoms with Crippen LogP contribution in [0.25, 0.3) is 0 Å². The monoisotopic (exact) mass is 222 g/mol. The number of nitrogens with one attached hydrogen (secondary N) is 2. The molecule has 0 amide bonds. The van der Waals surface area contributed by atoms with Crippen molar-refractivity contribution in [1.29, 1.82) is 0 Å². The van der Waals surface area contributed by atoms with Crippen molar-refractivity contribution in [3.8, 4) is 0 Å². The molecule has 86 valence electrons. The van der Waals surface area contributed by atoms with Gasteiger partial charge in [-0.15, -0.1) is 0 Å². The van der Waals surface area contributed by atoms with Crippen LogP contribution < -0.4 is 22.5 Å². The Morgan fingerprint density at radius 1 is 1.00 bits per heavy atom. The first kappa shape index (κ1) is 12.5. The van der Waals surface area contributed by atoms with Gasteiger partial charge in [-0.1, -0.05) is 18.2 Å². The molecular weight excluding hydrogens is 208 g/mol. The zero-order chi connectivity index (χ0) is 12.0. The highest BCUT2D eigenvalue weighted by Gasteiger charge is 2.09. The number of carbonyl (C=O) groups is 2. The van der Waals surface area contributed by atoms with Gasteiger partial charge < -0.3 is 0 Å². The van der Waals surface area contributed by atoms with Gasteiger partial charge in [-0.2, -0.15) is 0 Å². The molecule has 0 aliphatic heterocycles. The molecule has 0 aliphatic carbocycles. The summed E-state index contributed by atoms with van der Waals surface area (Å²) in [5, 5.41) is 0. The van der Waals surface area contributed by atoms with E-state index in [9.17, 15) is 9.59 Å². The lowest BCUT2D eigenvalue weighted by Crippen LogP contribution is -2.30. The maximum atomic E-state index is 11.5. The van der Waals surface area contributed by atoms with E-state index in [0.29, 0.717) is 11.1 Å². The van der Waals surface area contributed by atoms with E-state index >= 15 is 0 Å². The number of hydrogen-bond acceptors (Lipinski definition) is 6. The zero-order valence-corrected chi connectivity index (χ0v) is 8.69. The van der Waals surface area contributed by atoms with Crippen LogP contribution in [0.4, 0.5) is 0 Å². The Balaban J connectivity index is 2.86. The van der Waals surface area contributed by atoms with Crippen LogP contribution in [-0.4, -0.2) is 24.7 Å². The summed E-state index contributed by atoms with van der Waals surface area (Å²) in [6.07, 6.45) is 0. The van der Waals surface area contributed by atoms with Crippen molar-refractivity contribution in [2.75, 3.05) is 13.1 Å². The highest BCUT2D eigenvalue weighted by atomic mass is 16.1. The molecule has 1 aromatic rings. The van der Waals surface area contributed by atoms with Gasteiger partial charge in [-0.3, -0.25) is 32.1 Å². The van der Waals surface area contributed by atoms with Gasteiger partial charge in [0.1, 0.15) is 0 Å². The van der Waals surface area contributed by atoms with Crippen molar-refractivity contribution < 1.29 is 9.59 Å². The summed E-state index contributed by atoms with van der Waals surface area (Å²) in [5.41, 5.74) is 5.44. The van der Waals surface area contributed by atoms with Crippen LogP contribution >= 0.6 is 0 Å². The molecule has 0 bridgehead atoms. The first-order chi connectivity index (χ1) is 7.69. The van der Waals surface area contributed by atoms with Crippen LogP contribution in [0.1, 0.15) is 20.7 Å². The van der Waals surface area contributed by atoms with Crippen LogP contribution in [0.3, 0.4) is 0 Å². The summed E-state index contributed by atoms with van der Waals surface area (Å²) in [5.74, 6) is 9.76. The fraction of sp³-hybridized carbons (Fsp3) is 0.200. The topological polar surface area (TPSA) is 110 Å². The van der Waals surface area contributed by atoms with E-state index in [1.165, 1.54) is 6.07 Å². The Labute approximate surface area is 92.9 Å². The second kappa shape index (κ2) is 6.09. The number of benzene rings is 1. The predicted octanol–water partition coefficient (Wildman–Crippen LogP) is -1.02. The summed E-state index contributed by atoms with van der Waals surface area (Å²) in [4.78, 5) is 23.0. The van der Waals surface area contributed by atoms with Crippen molar-refractivity contribution in [3.63, 3.8) is 0 Å². The lowest BCUT2D eigenvalue weighted by atomic mass is 10.0. The summed E-state index contributed by atoms with van der Waals surface area (Å²) >= 11 is 0. The van der Waals surface area contributed by atoms with Crippen LogP contribution in [0, 0.1) is 0 Å². The van der Waals surface area contributed by atoms with Crippen molar-refractivity contribution in [1.82, 2.24) is 10.9 Å². The molecule has 1 rings (SSSR count). The van der Waals surface area contributed by atoms with E-state index in [1.54, 1.807) is 18.2 Å². The second-order valence-corrected chi connectivity index (χ2v) is 3.19. The summed E-state index contributed by atoms with van der Waals surface area (Å²) < 4.78 is 0. The average Bonchev–Trinajstić information content (AvgIpc) is 2.30. The van der Waals surface area contributed by atoms with Gasteiger partial charge in [0.25, 0.3) is 0 Å². The fourth-order valence-electron chi connectivity index (χ4n) is 1.26. The Kier molecular flexibility index (Phi) is 4.74. The van der Waals surface area contributed by atoms with E-state index in [0.717, 1.165) is 0 Å². The first-order valence-electron chi connectivity index (χ1n) is 4.72. The Morgan fingerprint density at radius 3 is 1.81 bits per heavy atom. The summed E-state index contributed by atoms with van der Waals surface area (Å²) in [6, 6.07) is 6.44. The first-order valence-corrected chi connectivity index (χ1v) is 4.72. The van der Waals surface area contributed by atoms with E-state index in [4.69, 9.17) is 11.7 Å². The normalized spacial score (nSPS) is 10.1. The lowest BCUT2D eigenvalue weighted by molar-refractivity contribution is 0.0990. The molecule has 0 atom stereocenters. The van der Waals surface area contributed by atoms with Crippen molar-refractivity contribution >= 4 is 11.6 Å². The highest BCUT2D eigenvalue weighted by molar-refractivity contribution is 6.02. The molecule has 0 saturated heterocycles. The van der Waals surface area contributed by atoms with E-state index < -0.39 is 0 Å². The molecule has 0 radical (unpaired) electrons. The smallest absolute Gasteiger partial charge is 0.178 e. The SMILES string of the molecule is NNCC(=O)c1cccc(C(=O)CNN)c1. The van der Waals surface area contributed by atoms with Gasteiger partial charge in [-0.05, 0) is 6.07 Å². The number of nitrogens with two attached hydrogens (primary N) is 2. The van der Waals surface area contributed by atoms with Crippen molar-refractivity contribution in [2.45, 2.75) is 0 Å². The molecule has 0 aliphatic rings. The Bertz CT molecular complexity index is 359. The number of hydrazine groups is 2. The van der Waals surface area contributed by atoms with Gasteiger partial charge in [0.15, 0.2) is 11.6 Å². The van der Waals surface area contributed by atoms with Crippen LogP contribution in [0.2, 0.25) is 0 Å². The predicted molar refractivity (Wildman–Crippen MR) is 59.5 cm³/mol. The number of carbonyl (C=O) groups excluding carboxylic acids is 2. The molecular formula is C10H14N4O2. The molecule has 0 heterocycles. The number of rotatable bonds is 6. The second-order valence-electron chi connectivity index (χ2n) is 3.19. The minimum Gasteiger partial charge on any atom is -0.293 e. The third-order valence-corrected chi connectivity index (χ3v) is 2.03. The van der Waals surface area contributed by atoms with Crippen molar-refractivity contribution in [2.24, 2.45) is 11.7 Å². The Hall–Kier alpha value is -1.60. The Morgan fingerprint density at radius 2 is 1.44 bits per heavy atom. The number of Topliss-reactive ketones (excluding diaryl/α,β-unsaturated/α-hetero) is 2. The third-order valence-electron chi connectivity index (χ3n) is 2.03. The van der Waals surface area contributed by atoms with E-state index in [1.807, 2.05) is 0 Å².